The van der Waals surface area contributed by atoms with Gasteiger partial charge in [0.2, 0.25) is 0 Å². The summed E-state index contributed by atoms with van der Waals surface area (Å²) in [6, 6.07) is 0. The smallest absolute Gasteiger partial charge is 0.267 e. The summed E-state index contributed by atoms with van der Waals surface area (Å²) in [5, 5.41) is 19.3. The summed E-state index contributed by atoms with van der Waals surface area (Å²) in [5.74, 6) is 0.918. The van der Waals surface area contributed by atoms with Crippen molar-refractivity contribution in [1.29, 1.82) is 0 Å². The number of hydrogen-bond acceptors (Lipinski definition) is 7. The summed E-state index contributed by atoms with van der Waals surface area (Å²) < 4.78 is 1.78. The zero-order valence-electron chi connectivity index (χ0n) is 17.0. The molecule has 1 aliphatic heterocycles. The van der Waals surface area contributed by atoms with E-state index in [0.29, 0.717) is 38.7 Å². The number of amides is 1. The Balaban J connectivity index is 1.58. The summed E-state index contributed by atoms with van der Waals surface area (Å²) in [5.41, 5.74) is 2.82. The van der Waals surface area contributed by atoms with Crippen molar-refractivity contribution >= 4 is 44.3 Å². The second-order valence-electron chi connectivity index (χ2n) is 7.69. The highest BCUT2D eigenvalue weighted by Crippen LogP contribution is 2.30. The first-order valence-corrected chi connectivity index (χ1v) is 10.8. The molecule has 0 aromatic carbocycles. The minimum absolute atomic E-state index is 0.0448. The van der Waals surface area contributed by atoms with Gasteiger partial charge < -0.3 is 5.32 Å². The Morgan fingerprint density at radius 3 is 2.77 bits per heavy atom. The highest BCUT2D eigenvalue weighted by atomic mass is 32.1. The van der Waals surface area contributed by atoms with E-state index in [0.717, 1.165) is 48.2 Å². The van der Waals surface area contributed by atoms with Crippen molar-refractivity contribution in [2.24, 2.45) is 0 Å². The van der Waals surface area contributed by atoms with Crippen LogP contribution in [0.3, 0.4) is 0 Å². The number of carbonyl (C=O) groups excluding carboxylic acids is 1. The minimum atomic E-state index is -0.308. The molecule has 0 saturated carbocycles. The number of fused-ring (bicyclic) bond motifs is 3. The van der Waals surface area contributed by atoms with Gasteiger partial charge in [0, 0.05) is 13.0 Å². The van der Waals surface area contributed by atoms with E-state index < -0.39 is 0 Å². The summed E-state index contributed by atoms with van der Waals surface area (Å²) in [6.45, 7) is 6.27. The molecule has 1 amide bonds. The molecule has 5 rings (SSSR count). The average Bonchev–Trinajstić information content (AvgIpc) is 3.17. The van der Waals surface area contributed by atoms with E-state index in [-0.39, 0.29) is 11.5 Å². The highest BCUT2D eigenvalue weighted by Gasteiger charge is 2.23. The number of anilines is 1. The second-order valence-corrected chi connectivity index (χ2v) is 8.69. The van der Waals surface area contributed by atoms with E-state index in [4.69, 9.17) is 4.98 Å². The second kappa shape index (κ2) is 6.98. The molecule has 30 heavy (non-hydrogen) atoms. The first-order valence-electron chi connectivity index (χ1n) is 9.98. The lowest BCUT2D eigenvalue weighted by Gasteiger charge is -2.08. The predicted octanol–water partition coefficient (Wildman–Crippen LogP) is 3.03. The Bertz CT molecular complexity index is 1380. The zero-order chi connectivity index (χ0) is 21.0. The summed E-state index contributed by atoms with van der Waals surface area (Å²) in [4.78, 5) is 32.1. The molecule has 0 radical (unpaired) electrons. The van der Waals surface area contributed by atoms with Crippen LogP contribution in [0.25, 0.3) is 21.3 Å². The molecular formula is C20H21N7O2S. The number of rotatable bonds is 2. The van der Waals surface area contributed by atoms with Gasteiger partial charge in [-0.15, -0.1) is 16.4 Å². The van der Waals surface area contributed by atoms with Crippen molar-refractivity contribution in [3.63, 3.8) is 0 Å². The molecule has 5 heterocycles. The van der Waals surface area contributed by atoms with Gasteiger partial charge in [0.15, 0.2) is 11.5 Å². The molecule has 0 atom stereocenters. The molecule has 2 N–H and O–H groups in total. The van der Waals surface area contributed by atoms with Gasteiger partial charge in [-0.3, -0.25) is 19.3 Å². The molecular weight excluding hydrogens is 402 g/mol. The van der Waals surface area contributed by atoms with Crippen LogP contribution < -0.4 is 10.9 Å². The summed E-state index contributed by atoms with van der Waals surface area (Å²) in [6.07, 6.45) is 3.90. The minimum Gasteiger partial charge on any atom is -0.304 e. The van der Waals surface area contributed by atoms with Crippen LogP contribution >= 0.6 is 11.3 Å². The van der Waals surface area contributed by atoms with Crippen LogP contribution in [-0.4, -0.2) is 35.9 Å². The fourth-order valence-electron chi connectivity index (χ4n) is 4.02. The van der Waals surface area contributed by atoms with Crippen molar-refractivity contribution in [2.45, 2.75) is 53.0 Å². The lowest BCUT2D eigenvalue weighted by atomic mass is 10.1. The number of aryl methyl sites for hydroxylation is 4. The van der Waals surface area contributed by atoms with Gasteiger partial charge in [0.1, 0.15) is 10.7 Å². The molecule has 154 valence electrons. The van der Waals surface area contributed by atoms with Crippen LogP contribution in [0.2, 0.25) is 0 Å². The van der Waals surface area contributed by atoms with Crippen LogP contribution in [0.1, 0.15) is 51.6 Å². The summed E-state index contributed by atoms with van der Waals surface area (Å²) in [7, 11) is 0. The molecule has 9 nitrogen and oxygen atoms in total. The Labute approximate surface area is 175 Å². The third-order valence-electron chi connectivity index (χ3n) is 5.81. The predicted molar refractivity (Wildman–Crippen MR) is 115 cm³/mol. The van der Waals surface area contributed by atoms with Gasteiger partial charge in [-0.2, -0.15) is 10.2 Å². The molecule has 0 bridgehead atoms. The standard InChI is InChI=1S/C20H21N7O2S/c1-9-11(3)23-25-17-13(9)16(24-26-17)22-18(28)15-10(2)14-19(30-15)21-12-7-5-4-6-8-27(12)20(14)29/h4-8H2,1-3H3,(H2,22,24,25,26,28). The first kappa shape index (κ1) is 18.9. The Morgan fingerprint density at radius 2 is 1.93 bits per heavy atom. The number of carbonyl (C=O) groups is 1. The van der Waals surface area contributed by atoms with Gasteiger partial charge in [0.25, 0.3) is 11.5 Å². The SMILES string of the molecule is Cc1nnc2[nH]nc(NC(=O)c3sc4nc5n(c(=O)c4c3C)CCCCC5)c2c1C. The molecule has 4 aromatic rings. The normalized spacial score (nSPS) is 14.1. The molecule has 1 aliphatic rings. The Morgan fingerprint density at radius 1 is 1.10 bits per heavy atom. The van der Waals surface area contributed by atoms with Crippen molar-refractivity contribution in [3.8, 4) is 0 Å². The van der Waals surface area contributed by atoms with Crippen LogP contribution in [0.4, 0.5) is 5.82 Å². The molecule has 0 fully saturated rings. The number of hydrogen-bond donors (Lipinski definition) is 2. The van der Waals surface area contributed by atoms with Gasteiger partial charge in [-0.1, -0.05) is 6.42 Å². The van der Waals surface area contributed by atoms with Crippen molar-refractivity contribution < 1.29 is 4.79 Å². The molecule has 0 spiro atoms. The number of nitrogens with one attached hydrogen (secondary N) is 2. The molecule has 10 heteroatoms. The highest BCUT2D eigenvalue weighted by molar-refractivity contribution is 7.20. The molecule has 0 aliphatic carbocycles. The van der Waals surface area contributed by atoms with Crippen molar-refractivity contribution in [2.75, 3.05) is 5.32 Å². The monoisotopic (exact) mass is 423 g/mol. The lowest BCUT2D eigenvalue weighted by Crippen LogP contribution is -2.24. The molecule has 0 unspecified atom stereocenters. The number of H-pyrrole nitrogens is 1. The van der Waals surface area contributed by atoms with Crippen LogP contribution in [0.15, 0.2) is 4.79 Å². The Kier molecular flexibility index (Phi) is 4.39. The Hall–Kier alpha value is -3.14. The topological polar surface area (TPSA) is 118 Å². The number of aromatic nitrogens is 6. The largest absolute Gasteiger partial charge is 0.304 e. The lowest BCUT2D eigenvalue weighted by molar-refractivity contribution is 0.103. The van der Waals surface area contributed by atoms with Crippen LogP contribution in [-0.2, 0) is 13.0 Å². The quantitative estimate of drug-likeness (QED) is 0.512. The van der Waals surface area contributed by atoms with E-state index in [9.17, 15) is 9.59 Å². The van der Waals surface area contributed by atoms with E-state index in [1.807, 2.05) is 20.8 Å². The maximum absolute atomic E-state index is 13.1. The van der Waals surface area contributed by atoms with Gasteiger partial charge in [-0.25, -0.2) is 4.98 Å². The zero-order valence-corrected chi connectivity index (χ0v) is 17.8. The van der Waals surface area contributed by atoms with Gasteiger partial charge in [0.05, 0.1) is 21.3 Å². The fraction of sp³-hybridized carbons (Fsp3) is 0.400. The maximum Gasteiger partial charge on any atom is 0.267 e. The third kappa shape index (κ3) is 2.82. The van der Waals surface area contributed by atoms with Crippen LogP contribution in [0, 0.1) is 20.8 Å². The maximum atomic E-state index is 13.1. The van der Waals surface area contributed by atoms with Crippen molar-refractivity contribution in [3.05, 3.63) is 37.9 Å². The fourth-order valence-corrected chi connectivity index (χ4v) is 5.11. The van der Waals surface area contributed by atoms with Gasteiger partial charge >= 0.3 is 0 Å². The number of thiophene rings is 1. The number of nitrogens with zero attached hydrogens (tertiary/aromatic N) is 5. The van der Waals surface area contributed by atoms with E-state index in [1.54, 1.807) is 4.57 Å². The van der Waals surface area contributed by atoms with Crippen molar-refractivity contribution in [1.82, 2.24) is 29.9 Å². The van der Waals surface area contributed by atoms with E-state index in [1.165, 1.54) is 11.3 Å². The van der Waals surface area contributed by atoms with E-state index >= 15 is 0 Å². The third-order valence-corrected chi connectivity index (χ3v) is 7.00. The van der Waals surface area contributed by atoms with E-state index in [2.05, 4.69) is 25.7 Å². The van der Waals surface area contributed by atoms with Crippen LogP contribution in [0.5, 0.6) is 0 Å². The first-order chi connectivity index (χ1) is 14.5. The average molecular weight is 424 g/mol. The van der Waals surface area contributed by atoms with Gasteiger partial charge in [-0.05, 0) is 44.7 Å². The summed E-state index contributed by atoms with van der Waals surface area (Å²) >= 11 is 1.26. The molecule has 4 aromatic heterocycles. The number of aromatic amines is 1. The molecule has 0 saturated heterocycles.